The van der Waals surface area contributed by atoms with Crippen molar-refractivity contribution in [1.29, 1.82) is 0 Å². The molecule has 0 bridgehead atoms. The molecule has 6 heteroatoms. The number of anilines is 1. The molecule has 2 N–H and O–H groups in total. The Morgan fingerprint density at radius 2 is 1.88 bits per heavy atom. The second kappa shape index (κ2) is 6.08. The van der Waals surface area contributed by atoms with Crippen LogP contribution in [0.3, 0.4) is 0 Å². The van der Waals surface area contributed by atoms with Crippen LogP contribution in [0.4, 0.5) is 5.82 Å². The van der Waals surface area contributed by atoms with Gasteiger partial charge in [-0.25, -0.2) is 9.97 Å². The number of pyridine rings is 1. The standard InChI is InChI=1S/C18H16N6/c1-12(23-17-16-10-22-24-18(16)21-11-20-17)13-4-6-14(7-5-13)15-3-2-8-19-9-15/h2-12H,1H3,(H2,20,21,22,23,24). The molecule has 24 heavy (non-hydrogen) atoms. The predicted octanol–water partition coefficient (Wildman–Crippen LogP) is 3.59. The van der Waals surface area contributed by atoms with Gasteiger partial charge in [0.1, 0.15) is 12.1 Å². The van der Waals surface area contributed by atoms with Gasteiger partial charge in [-0.1, -0.05) is 30.3 Å². The number of nitrogens with zero attached hydrogens (tertiary/aromatic N) is 4. The minimum absolute atomic E-state index is 0.112. The van der Waals surface area contributed by atoms with E-state index in [1.165, 1.54) is 11.9 Å². The first-order valence-electron chi connectivity index (χ1n) is 7.72. The van der Waals surface area contributed by atoms with E-state index in [0.29, 0.717) is 0 Å². The number of aromatic nitrogens is 5. The van der Waals surface area contributed by atoms with Crippen LogP contribution in [-0.4, -0.2) is 25.1 Å². The second-order valence-corrected chi connectivity index (χ2v) is 5.58. The number of benzene rings is 1. The Balaban J connectivity index is 1.56. The van der Waals surface area contributed by atoms with Gasteiger partial charge >= 0.3 is 0 Å². The van der Waals surface area contributed by atoms with Crippen LogP contribution in [0.2, 0.25) is 0 Å². The highest BCUT2D eigenvalue weighted by atomic mass is 15.2. The number of hydrogen-bond donors (Lipinski definition) is 2. The van der Waals surface area contributed by atoms with E-state index < -0.39 is 0 Å². The van der Waals surface area contributed by atoms with Crippen LogP contribution in [0.1, 0.15) is 18.5 Å². The molecule has 0 aliphatic heterocycles. The van der Waals surface area contributed by atoms with E-state index in [1.54, 1.807) is 12.4 Å². The Morgan fingerprint density at radius 1 is 1.00 bits per heavy atom. The van der Waals surface area contributed by atoms with Crippen LogP contribution >= 0.6 is 0 Å². The molecule has 0 saturated carbocycles. The van der Waals surface area contributed by atoms with Crippen molar-refractivity contribution in [1.82, 2.24) is 25.1 Å². The molecular formula is C18H16N6. The van der Waals surface area contributed by atoms with E-state index >= 15 is 0 Å². The van der Waals surface area contributed by atoms with Gasteiger partial charge in [-0.3, -0.25) is 10.1 Å². The Hall–Kier alpha value is -3.28. The zero-order valence-electron chi connectivity index (χ0n) is 13.1. The maximum atomic E-state index is 4.32. The molecule has 1 atom stereocenters. The van der Waals surface area contributed by atoms with Crippen LogP contribution < -0.4 is 5.32 Å². The number of hydrogen-bond acceptors (Lipinski definition) is 5. The fourth-order valence-corrected chi connectivity index (χ4v) is 2.67. The number of rotatable bonds is 4. The Bertz CT molecular complexity index is 946. The van der Waals surface area contributed by atoms with Gasteiger partial charge in [-0.05, 0) is 29.7 Å². The number of fused-ring (bicyclic) bond motifs is 1. The fraction of sp³-hybridized carbons (Fsp3) is 0.111. The number of aromatic amines is 1. The minimum atomic E-state index is 0.112. The first kappa shape index (κ1) is 14.3. The van der Waals surface area contributed by atoms with Crippen molar-refractivity contribution < 1.29 is 0 Å². The van der Waals surface area contributed by atoms with E-state index in [9.17, 15) is 0 Å². The molecule has 3 heterocycles. The molecule has 0 aliphatic carbocycles. The quantitative estimate of drug-likeness (QED) is 0.601. The largest absolute Gasteiger partial charge is 0.363 e. The fourth-order valence-electron chi connectivity index (χ4n) is 2.67. The van der Waals surface area contributed by atoms with Crippen LogP contribution in [0.5, 0.6) is 0 Å². The summed E-state index contributed by atoms with van der Waals surface area (Å²) >= 11 is 0. The number of nitrogens with one attached hydrogen (secondary N) is 2. The third-order valence-corrected chi connectivity index (χ3v) is 4.01. The zero-order valence-corrected chi connectivity index (χ0v) is 13.1. The van der Waals surface area contributed by atoms with Crippen molar-refractivity contribution in [3.63, 3.8) is 0 Å². The molecule has 0 aliphatic rings. The van der Waals surface area contributed by atoms with Crippen LogP contribution in [-0.2, 0) is 0 Å². The SMILES string of the molecule is CC(Nc1ncnc2[nH]ncc12)c1ccc(-c2cccnc2)cc1. The smallest absolute Gasteiger partial charge is 0.160 e. The summed E-state index contributed by atoms with van der Waals surface area (Å²) in [6.07, 6.45) is 6.91. The van der Waals surface area contributed by atoms with E-state index in [4.69, 9.17) is 0 Å². The molecule has 4 aromatic rings. The normalized spacial score (nSPS) is 12.2. The Morgan fingerprint density at radius 3 is 2.67 bits per heavy atom. The van der Waals surface area contributed by atoms with Crippen molar-refractivity contribution >= 4 is 16.9 Å². The zero-order chi connectivity index (χ0) is 16.4. The summed E-state index contributed by atoms with van der Waals surface area (Å²) in [5.41, 5.74) is 4.17. The van der Waals surface area contributed by atoms with E-state index in [0.717, 1.165) is 28.0 Å². The lowest BCUT2D eigenvalue weighted by atomic mass is 10.0. The van der Waals surface area contributed by atoms with Crippen molar-refractivity contribution in [2.24, 2.45) is 0 Å². The van der Waals surface area contributed by atoms with Crippen molar-refractivity contribution in [3.8, 4) is 11.1 Å². The van der Waals surface area contributed by atoms with Gasteiger partial charge in [-0.15, -0.1) is 0 Å². The minimum Gasteiger partial charge on any atom is -0.363 e. The van der Waals surface area contributed by atoms with Gasteiger partial charge in [-0.2, -0.15) is 5.10 Å². The van der Waals surface area contributed by atoms with Crippen molar-refractivity contribution in [2.45, 2.75) is 13.0 Å². The Labute approximate surface area is 139 Å². The molecule has 0 radical (unpaired) electrons. The van der Waals surface area contributed by atoms with Crippen LogP contribution in [0.15, 0.2) is 61.3 Å². The third kappa shape index (κ3) is 2.69. The number of H-pyrrole nitrogens is 1. The average Bonchev–Trinajstić information content (AvgIpc) is 3.12. The third-order valence-electron chi connectivity index (χ3n) is 4.01. The summed E-state index contributed by atoms with van der Waals surface area (Å²) in [4.78, 5) is 12.6. The molecule has 4 rings (SSSR count). The highest BCUT2D eigenvalue weighted by Gasteiger charge is 2.10. The van der Waals surface area contributed by atoms with Crippen molar-refractivity contribution in [3.05, 3.63) is 66.9 Å². The molecule has 1 unspecified atom stereocenters. The molecule has 0 amide bonds. The molecule has 118 valence electrons. The summed E-state index contributed by atoms with van der Waals surface area (Å²) in [5.74, 6) is 0.776. The Kier molecular flexibility index (Phi) is 3.63. The average molecular weight is 316 g/mol. The monoisotopic (exact) mass is 316 g/mol. The van der Waals surface area contributed by atoms with E-state index in [1.807, 2.05) is 12.3 Å². The lowest BCUT2D eigenvalue weighted by Gasteiger charge is -2.15. The van der Waals surface area contributed by atoms with Gasteiger partial charge in [0, 0.05) is 18.4 Å². The summed E-state index contributed by atoms with van der Waals surface area (Å²) < 4.78 is 0. The molecule has 1 aromatic carbocycles. The topological polar surface area (TPSA) is 79.4 Å². The first-order chi connectivity index (χ1) is 11.8. The lowest BCUT2D eigenvalue weighted by Crippen LogP contribution is -2.08. The van der Waals surface area contributed by atoms with Gasteiger partial charge in [0.2, 0.25) is 0 Å². The predicted molar refractivity (Wildman–Crippen MR) is 93.4 cm³/mol. The summed E-state index contributed by atoms with van der Waals surface area (Å²) in [6.45, 7) is 2.10. The molecule has 3 aromatic heterocycles. The maximum absolute atomic E-state index is 4.32. The molecule has 6 nitrogen and oxygen atoms in total. The molecule has 0 saturated heterocycles. The van der Waals surface area contributed by atoms with Gasteiger partial charge in [0.15, 0.2) is 5.65 Å². The first-order valence-corrected chi connectivity index (χ1v) is 7.72. The molecule has 0 spiro atoms. The summed E-state index contributed by atoms with van der Waals surface area (Å²) in [7, 11) is 0. The van der Waals surface area contributed by atoms with Gasteiger partial charge < -0.3 is 5.32 Å². The molecular weight excluding hydrogens is 300 g/mol. The van der Waals surface area contributed by atoms with E-state index in [2.05, 4.69) is 67.7 Å². The highest BCUT2D eigenvalue weighted by Crippen LogP contribution is 2.25. The van der Waals surface area contributed by atoms with Crippen LogP contribution in [0, 0.1) is 0 Å². The summed E-state index contributed by atoms with van der Waals surface area (Å²) in [5, 5.41) is 11.2. The van der Waals surface area contributed by atoms with E-state index in [-0.39, 0.29) is 6.04 Å². The van der Waals surface area contributed by atoms with Gasteiger partial charge in [0.05, 0.1) is 11.6 Å². The second-order valence-electron chi connectivity index (χ2n) is 5.58. The van der Waals surface area contributed by atoms with Crippen molar-refractivity contribution in [2.75, 3.05) is 5.32 Å². The molecule has 0 fully saturated rings. The van der Waals surface area contributed by atoms with Gasteiger partial charge in [0.25, 0.3) is 0 Å². The highest BCUT2D eigenvalue weighted by molar-refractivity contribution is 5.85. The lowest BCUT2D eigenvalue weighted by molar-refractivity contribution is 0.876. The van der Waals surface area contributed by atoms with Crippen LogP contribution in [0.25, 0.3) is 22.2 Å². The summed E-state index contributed by atoms with van der Waals surface area (Å²) in [6, 6.07) is 12.6. The maximum Gasteiger partial charge on any atom is 0.160 e.